The van der Waals surface area contributed by atoms with Crippen molar-refractivity contribution < 1.29 is 0 Å². The molecule has 4 heteroatoms. The average Bonchev–Trinajstić information content (AvgIpc) is 2.61. The maximum Gasteiger partial charge on any atom is 0.0999 e. The zero-order chi connectivity index (χ0) is 12.5. The molecule has 0 saturated carbocycles. The van der Waals surface area contributed by atoms with Crippen LogP contribution in [0.3, 0.4) is 0 Å². The lowest BCUT2D eigenvalue weighted by atomic mass is 9.93. The third-order valence-corrected chi connectivity index (χ3v) is 4.87. The Labute approximate surface area is 108 Å². The molecule has 96 valence electrons. The van der Waals surface area contributed by atoms with Crippen LogP contribution in [-0.2, 0) is 5.41 Å². The third kappa shape index (κ3) is 3.06. The van der Waals surface area contributed by atoms with Gasteiger partial charge in [-0.3, -0.25) is 4.90 Å². The number of hydrogen-bond donors (Lipinski definition) is 1. The van der Waals surface area contributed by atoms with E-state index in [1.807, 2.05) is 11.3 Å². The Morgan fingerprint density at radius 2 is 1.94 bits per heavy atom. The zero-order valence-electron chi connectivity index (χ0n) is 11.3. The molecule has 2 heterocycles. The molecule has 1 N–H and O–H groups in total. The van der Waals surface area contributed by atoms with Crippen LogP contribution in [0.2, 0.25) is 0 Å². The van der Waals surface area contributed by atoms with Crippen LogP contribution in [-0.4, -0.2) is 42.6 Å². The minimum absolute atomic E-state index is 0.168. The topological polar surface area (TPSA) is 28.2 Å². The maximum atomic E-state index is 4.72. The van der Waals surface area contributed by atoms with Gasteiger partial charge in [0.25, 0.3) is 0 Å². The monoisotopic (exact) mass is 253 g/mol. The van der Waals surface area contributed by atoms with E-state index in [1.54, 1.807) is 0 Å². The van der Waals surface area contributed by atoms with E-state index < -0.39 is 0 Å². The summed E-state index contributed by atoms with van der Waals surface area (Å²) in [4.78, 5) is 8.62. The second kappa shape index (κ2) is 5.04. The van der Waals surface area contributed by atoms with E-state index in [0.29, 0.717) is 0 Å². The molecule has 0 bridgehead atoms. The zero-order valence-corrected chi connectivity index (χ0v) is 12.2. The summed E-state index contributed by atoms with van der Waals surface area (Å²) >= 11 is 1.86. The lowest BCUT2D eigenvalue weighted by Gasteiger charge is -2.34. The van der Waals surface area contributed by atoms with Crippen molar-refractivity contribution in [3.05, 3.63) is 15.6 Å². The van der Waals surface area contributed by atoms with Crippen molar-refractivity contribution in [2.24, 2.45) is 0 Å². The molecule has 0 spiro atoms. The van der Waals surface area contributed by atoms with Crippen molar-refractivity contribution in [1.29, 1.82) is 0 Å². The van der Waals surface area contributed by atoms with Gasteiger partial charge in [0.05, 0.1) is 10.7 Å². The largest absolute Gasteiger partial charge is 0.314 e. The highest BCUT2D eigenvalue weighted by Gasteiger charge is 2.28. The van der Waals surface area contributed by atoms with Crippen LogP contribution in [0.5, 0.6) is 0 Å². The molecule has 1 saturated heterocycles. The van der Waals surface area contributed by atoms with Crippen LogP contribution >= 0.6 is 11.3 Å². The Hall–Kier alpha value is -0.450. The highest BCUT2D eigenvalue weighted by atomic mass is 32.1. The third-order valence-electron chi connectivity index (χ3n) is 3.44. The molecule has 2 rings (SSSR count). The van der Waals surface area contributed by atoms with Gasteiger partial charge in [0.1, 0.15) is 0 Å². The number of piperazine rings is 1. The van der Waals surface area contributed by atoms with E-state index in [4.69, 9.17) is 4.98 Å². The fraction of sp³-hybridized carbons (Fsp3) is 0.769. The van der Waals surface area contributed by atoms with Gasteiger partial charge in [0, 0.05) is 43.0 Å². The number of aromatic nitrogens is 1. The lowest BCUT2D eigenvalue weighted by Crippen LogP contribution is -2.47. The predicted octanol–water partition coefficient (Wildman–Crippen LogP) is 1.94. The highest BCUT2D eigenvalue weighted by Crippen LogP contribution is 2.30. The molecule has 1 fully saturated rings. The van der Waals surface area contributed by atoms with E-state index in [0.717, 1.165) is 32.7 Å². The molecule has 3 nitrogen and oxygen atoms in total. The first-order chi connectivity index (χ1) is 7.99. The predicted molar refractivity (Wildman–Crippen MR) is 73.9 cm³/mol. The molecule has 1 aromatic heterocycles. The Balaban J connectivity index is 2.06. The highest BCUT2D eigenvalue weighted by molar-refractivity contribution is 7.11. The van der Waals surface area contributed by atoms with Crippen molar-refractivity contribution in [2.45, 2.75) is 33.1 Å². The fourth-order valence-corrected chi connectivity index (χ4v) is 3.26. The first-order valence-electron chi connectivity index (χ1n) is 6.36. The lowest BCUT2D eigenvalue weighted by molar-refractivity contribution is 0.199. The quantitative estimate of drug-likeness (QED) is 0.892. The second-order valence-corrected chi connectivity index (χ2v) is 6.77. The molecular formula is C13H23N3S. The second-order valence-electron chi connectivity index (χ2n) is 5.57. The molecule has 1 aliphatic heterocycles. The van der Waals surface area contributed by atoms with Crippen molar-refractivity contribution in [1.82, 2.24) is 15.2 Å². The number of nitrogens with one attached hydrogen (secondary N) is 1. The summed E-state index contributed by atoms with van der Waals surface area (Å²) in [5.41, 5.74) is 1.36. The fourth-order valence-electron chi connectivity index (χ4n) is 2.26. The van der Waals surface area contributed by atoms with Crippen LogP contribution < -0.4 is 5.32 Å². The Bertz CT molecular complexity index is 359. The molecular weight excluding hydrogens is 230 g/mol. The number of aryl methyl sites for hydroxylation is 2. The molecule has 0 radical (unpaired) electrons. The van der Waals surface area contributed by atoms with Crippen molar-refractivity contribution in [2.75, 3.05) is 32.7 Å². The first-order valence-corrected chi connectivity index (χ1v) is 7.18. The summed E-state index contributed by atoms with van der Waals surface area (Å²) in [7, 11) is 0. The van der Waals surface area contributed by atoms with Gasteiger partial charge in [-0.05, 0) is 13.8 Å². The first kappa shape index (κ1) is 13.0. The van der Waals surface area contributed by atoms with Gasteiger partial charge >= 0.3 is 0 Å². The van der Waals surface area contributed by atoms with Crippen molar-refractivity contribution in [3.8, 4) is 0 Å². The summed E-state index contributed by atoms with van der Waals surface area (Å²) in [6, 6.07) is 0. The molecule has 17 heavy (non-hydrogen) atoms. The Morgan fingerprint density at radius 3 is 2.47 bits per heavy atom. The molecule has 0 amide bonds. The van der Waals surface area contributed by atoms with Crippen LogP contribution in [0.15, 0.2) is 0 Å². The van der Waals surface area contributed by atoms with Gasteiger partial charge in [-0.15, -0.1) is 11.3 Å². The number of hydrogen-bond acceptors (Lipinski definition) is 4. The van der Waals surface area contributed by atoms with Gasteiger partial charge in [0.2, 0.25) is 0 Å². The van der Waals surface area contributed by atoms with E-state index in [-0.39, 0.29) is 5.41 Å². The Morgan fingerprint density at radius 1 is 1.29 bits per heavy atom. The normalized spacial score (nSPS) is 18.6. The molecule has 0 unspecified atom stereocenters. The summed E-state index contributed by atoms with van der Waals surface area (Å²) in [5.74, 6) is 0. The maximum absolute atomic E-state index is 4.72. The average molecular weight is 253 g/mol. The molecule has 0 aliphatic carbocycles. The number of nitrogens with zero attached hydrogens (tertiary/aromatic N) is 2. The SMILES string of the molecule is Cc1nc(C(C)(C)CN2CCNCC2)sc1C. The molecule has 1 aliphatic rings. The van der Waals surface area contributed by atoms with E-state index in [1.165, 1.54) is 15.6 Å². The van der Waals surface area contributed by atoms with Gasteiger partial charge in [-0.25, -0.2) is 4.98 Å². The van der Waals surface area contributed by atoms with E-state index >= 15 is 0 Å². The van der Waals surface area contributed by atoms with Gasteiger partial charge < -0.3 is 5.32 Å². The molecule has 0 atom stereocenters. The van der Waals surface area contributed by atoms with Crippen LogP contribution in [0, 0.1) is 13.8 Å². The van der Waals surface area contributed by atoms with Crippen molar-refractivity contribution in [3.63, 3.8) is 0 Å². The van der Waals surface area contributed by atoms with Crippen LogP contribution in [0.1, 0.15) is 29.4 Å². The van der Waals surface area contributed by atoms with Gasteiger partial charge in [-0.2, -0.15) is 0 Å². The number of thiazole rings is 1. The summed E-state index contributed by atoms with van der Waals surface area (Å²) in [6.07, 6.45) is 0. The minimum atomic E-state index is 0.168. The standard InChI is InChI=1S/C13H23N3S/c1-10-11(2)17-12(15-10)13(3,4)9-16-7-5-14-6-8-16/h14H,5-9H2,1-4H3. The summed E-state index contributed by atoms with van der Waals surface area (Å²) in [5, 5.41) is 4.68. The van der Waals surface area contributed by atoms with E-state index in [9.17, 15) is 0 Å². The van der Waals surface area contributed by atoms with E-state index in [2.05, 4.69) is 37.9 Å². The Kier molecular flexibility index (Phi) is 3.85. The van der Waals surface area contributed by atoms with Gasteiger partial charge in [-0.1, -0.05) is 13.8 Å². The van der Waals surface area contributed by atoms with Crippen molar-refractivity contribution >= 4 is 11.3 Å². The van der Waals surface area contributed by atoms with Gasteiger partial charge in [0.15, 0.2) is 0 Å². The molecule has 0 aromatic carbocycles. The van der Waals surface area contributed by atoms with Crippen LogP contribution in [0.4, 0.5) is 0 Å². The summed E-state index contributed by atoms with van der Waals surface area (Å²) in [6.45, 7) is 14.6. The summed E-state index contributed by atoms with van der Waals surface area (Å²) < 4.78 is 0. The minimum Gasteiger partial charge on any atom is -0.314 e. The number of rotatable bonds is 3. The van der Waals surface area contributed by atoms with Crippen LogP contribution in [0.25, 0.3) is 0 Å². The smallest absolute Gasteiger partial charge is 0.0999 e. The molecule has 1 aromatic rings.